The van der Waals surface area contributed by atoms with Gasteiger partial charge in [0, 0.05) is 18.1 Å². The van der Waals surface area contributed by atoms with Crippen molar-refractivity contribution in [3.63, 3.8) is 0 Å². The zero-order chi connectivity index (χ0) is 19.8. The topological polar surface area (TPSA) is 101 Å². The summed E-state index contributed by atoms with van der Waals surface area (Å²) in [5.41, 5.74) is 2.40. The zero-order valence-corrected chi connectivity index (χ0v) is 15.7. The molecule has 3 aromatic rings. The smallest absolute Gasteiger partial charge is 0.326 e. The SMILES string of the molecule is Cc1c(C(=O)N2CC[C@H](C)C[C@H]2C(=O)O)nnn1-c1ccc2ncccc2c1. The van der Waals surface area contributed by atoms with Crippen molar-refractivity contribution >= 4 is 22.8 Å². The lowest BCUT2D eigenvalue weighted by atomic mass is 9.92. The van der Waals surface area contributed by atoms with Crippen molar-refractivity contribution in [1.82, 2.24) is 24.9 Å². The van der Waals surface area contributed by atoms with E-state index in [4.69, 9.17) is 0 Å². The number of piperidine rings is 1. The molecule has 0 unspecified atom stereocenters. The van der Waals surface area contributed by atoms with Gasteiger partial charge >= 0.3 is 5.97 Å². The molecule has 1 amide bonds. The third-order valence-corrected chi connectivity index (χ3v) is 5.34. The Kier molecular flexibility index (Phi) is 4.54. The van der Waals surface area contributed by atoms with Crippen LogP contribution in [-0.2, 0) is 4.79 Å². The van der Waals surface area contributed by atoms with Crippen LogP contribution < -0.4 is 0 Å². The van der Waals surface area contributed by atoms with E-state index in [9.17, 15) is 14.7 Å². The molecule has 3 heterocycles. The summed E-state index contributed by atoms with van der Waals surface area (Å²) in [5, 5.41) is 18.7. The summed E-state index contributed by atoms with van der Waals surface area (Å²) in [6, 6.07) is 8.68. The van der Waals surface area contributed by atoms with Gasteiger partial charge in [0.1, 0.15) is 6.04 Å². The number of rotatable bonds is 3. The van der Waals surface area contributed by atoms with E-state index < -0.39 is 12.0 Å². The maximum Gasteiger partial charge on any atom is 0.326 e. The van der Waals surface area contributed by atoms with Gasteiger partial charge in [0.15, 0.2) is 5.69 Å². The molecule has 2 atom stereocenters. The second-order valence-corrected chi connectivity index (χ2v) is 7.30. The van der Waals surface area contributed by atoms with Crippen molar-refractivity contribution in [2.75, 3.05) is 6.54 Å². The number of nitrogens with zero attached hydrogens (tertiary/aromatic N) is 5. The van der Waals surface area contributed by atoms with Crippen LogP contribution >= 0.6 is 0 Å². The molecule has 8 heteroatoms. The number of carbonyl (C=O) groups excluding carboxylic acids is 1. The first-order valence-corrected chi connectivity index (χ1v) is 9.27. The maximum atomic E-state index is 13.0. The fourth-order valence-electron chi connectivity index (χ4n) is 3.72. The molecule has 1 saturated heterocycles. The summed E-state index contributed by atoms with van der Waals surface area (Å²) in [6.45, 7) is 4.18. The Bertz CT molecular complexity index is 1060. The lowest BCUT2D eigenvalue weighted by molar-refractivity contribution is -0.144. The van der Waals surface area contributed by atoms with Gasteiger partial charge in [-0.1, -0.05) is 18.2 Å². The molecule has 1 N–H and O–H groups in total. The first-order valence-electron chi connectivity index (χ1n) is 9.27. The second-order valence-electron chi connectivity index (χ2n) is 7.30. The first kappa shape index (κ1) is 18.1. The Morgan fingerprint density at radius 1 is 1.25 bits per heavy atom. The van der Waals surface area contributed by atoms with Crippen molar-refractivity contribution in [2.24, 2.45) is 5.92 Å². The normalized spacial score (nSPS) is 19.7. The summed E-state index contributed by atoms with van der Waals surface area (Å²) in [4.78, 5) is 30.4. The number of amides is 1. The molecule has 0 bridgehead atoms. The Labute approximate surface area is 161 Å². The molecule has 0 radical (unpaired) electrons. The molecule has 1 aliphatic heterocycles. The molecule has 1 aliphatic rings. The maximum absolute atomic E-state index is 13.0. The fourth-order valence-corrected chi connectivity index (χ4v) is 3.72. The number of carboxylic acid groups (broad SMARTS) is 1. The highest BCUT2D eigenvalue weighted by Crippen LogP contribution is 2.25. The van der Waals surface area contributed by atoms with Crippen LogP contribution in [0.1, 0.15) is 35.9 Å². The van der Waals surface area contributed by atoms with Crippen LogP contribution in [0.5, 0.6) is 0 Å². The van der Waals surface area contributed by atoms with Gasteiger partial charge in [-0.05, 0) is 49.9 Å². The average molecular weight is 379 g/mol. The van der Waals surface area contributed by atoms with Gasteiger partial charge in [-0.25, -0.2) is 9.48 Å². The van der Waals surface area contributed by atoms with E-state index in [0.29, 0.717) is 18.7 Å². The van der Waals surface area contributed by atoms with Crippen molar-refractivity contribution in [3.8, 4) is 5.69 Å². The Morgan fingerprint density at radius 3 is 2.86 bits per heavy atom. The second kappa shape index (κ2) is 7.03. The lowest BCUT2D eigenvalue weighted by Gasteiger charge is -2.35. The van der Waals surface area contributed by atoms with E-state index in [1.54, 1.807) is 17.8 Å². The molecule has 1 aromatic carbocycles. The molecule has 4 rings (SSSR count). The quantitative estimate of drug-likeness (QED) is 0.750. The number of fused-ring (bicyclic) bond motifs is 1. The minimum atomic E-state index is -0.980. The highest BCUT2D eigenvalue weighted by molar-refractivity contribution is 5.96. The highest BCUT2D eigenvalue weighted by atomic mass is 16.4. The van der Waals surface area contributed by atoms with Gasteiger partial charge in [0.2, 0.25) is 0 Å². The van der Waals surface area contributed by atoms with Crippen LogP contribution in [0, 0.1) is 12.8 Å². The minimum Gasteiger partial charge on any atom is -0.480 e. The molecule has 0 spiro atoms. The van der Waals surface area contributed by atoms with Gasteiger partial charge in [0.05, 0.1) is 16.9 Å². The van der Waals surface area contributed by atoms with Crippen LogP contribution in [0.4, 0.5) is 0 Å². The predicted molar refractivity (Wildman–Crippen MR) is 102 cm³/mol. The first-order chi connectivity index (χ1) is 13.5. The number of hydrogen-bond acceptors (Lipinski definition) is 5. The van der Waals surface area contributed by atoms with E-state index in [0.717, 1.165) is 23.0 Å². The minimum absolute atomic E-state index is 0.187. The number of hydrogen-bond donors (Lipinski definition) is 1. The van der Waals surface area contributed by atoms with Crippen molar-refractivity contribution < 1.29 is 14.7 Å². The van der Waals surface area contributed by atoms with Gasteiger partial charge < -0.3 is 10.0 Å². The standard InChI is InChI=1S/C20H21N5O3/c1-12-7-9-24(17(10-12)20(27)28)19(26)18-13(2)25(23-22-18)15-5-6-16-14(11-15)4-3-8-21-16/h3-6,8,11-12,17H,7,9-10H2,1-2H3,(H,27,28)/t12-,17-/m0/s1. The number of aliphatic carboxylic acids is 1. The molecule has 8 nitrogen and oxygen atoms in total. The number of aromatic nitrogens is 4. The van der Waals surface area contributed by atoms with E-state index in [-0.39, 0.29) is 17.5 Å². The van der Waals surface area contributed by atoms with Crippen LogP contribution in [-0.4, -0.2) is 54.4 Å². The van der Waals surface area contributed by atoms with Gasteiger partial charge in [-0.3, -0.25) is 9.78 Å². The summed E-state index contributed by atoms with van der Waals surface area (Å²) < 4.78 is 1.60. The third-order valence-electron chi connectivity index (χ3n) is 5.34. The van der Waals surface area contributed by atoms with E-state index >= 15 is 0 Å². The van der Waals surface area contributed by atoms with Crippen LogP contribution in [0.3, 0.4) is 0 Å². The number of likely N-dealkylation sites (tertiary alicyclic amines) is 1. The highest BCUT2D eigenvalue weighted by Gasteiger charge is 2.37. The van der Waals surface area contributed by atoms with Gasteiger partial charge in [-0.15, -0.1) is 5.10 Å². The molecule has 0 saturated carbocycles. The third kappa shape index (κ3) is 3.11. The number of benzene rings is 1. The lowest BCUT2D eigenvalue weighted by Crippen LogP contribution is -2.50. The van der Waals surface area contributed by atoms with E-state index in [1.165, 1.54) is 4.90 Å². The van der Waals surface area contributed by atoms with Crippen LogP contribution in [0.15, 0.2) is 36.5 Å². The molecule has 2 aromatic heterocycles. The predicted octanol–water partition coefficient (Wildman–Crippen LogP) is 2.45. The van der Waals surface area contributed by atoms with E-state index in [2.05, 4.69) is 15.3 Å². The summed E-state index contributed by atoms with van der Waals surface area (Å²) in [7, 11) is 0. The van der Waals surface area contributed by atoms with Gasteiger partial charge in [0.25, 0.3) is 5.91 Å². The Hall–Kier alpha value is -3.29. The zero-order valence-electron chi connectivity index (χ0n) is 15.7. The number of carboxylic acids is 1. The van der Waals surface area contributed by atoms with Crippen LogP contribution in [0.2, 0.25) is 0 Å². The monoisotopic (exact) mass is 379 g/mol. The summed E-state index contributed by atoms with van der Waals surface area (Å²) in [5.74, 6) is -1.09. The molecular formula is C20H21N5O3. The van der Waals surface area contributed by atoms with E-state index in [1.807, 2.05) is 37.3 Å². The molecule has 1 fully saturated rings. The molecule has 28 heavy (non-hydrogen) atoms. The van der Waals surface area contributed by atoms with Crippen molar-refractivity contribution in [3.05, 3.63) is 47.9 Å². The fraction of sp³-hybridized carbons (Fsp3) is 0.350. The molecule has 144 valence electrons. The Morgan fingerprint density at radius 2 is 2.07 bits per heavy atom. The Balaban J connectivity index is 1.67. The number of carbonyl (C=O) groups is 2. The summed E-state index contributed by atoms with van der Waals surface area (Å²) >= 11 is 0. The molecule has 0 aliphatic carbocycles. The van der Waals surface area contributed by atoms with Crippen LogP contribution in [0.25, 0.3) is 16.6 Å². The largest absolute Gasteiger partial charge is 0.480 e. The van der Waals surface area contributed by atoms with Gasteiger partial charge in [-0.2, -0.15) is 0 Å². The van der Waals surface area contributed by atoms with Crippen molar-refractivity contribution in [2.45, 2.75) is 32.7 Å². The number of pyridine rings is 1. The van der Waals surface area contributed by atoms with Crippen molar-refractivity contribution in [1.29, 1.82) is 0 Å². The summed E-state index contributed by atoms with van der Waals surface area (Å²) in [6.07, 6.45) is 2.96. The average Bonchev–Trinajstić information content (AvgIpc) is 3.08. The molecular weight excluding hydrogens is 358 g/mol.